The lowest BCUT2D eigenvalue weighted by molar-refractivity contribution is -0.132. The molecule has 0 spiro atoms. The molecular formula is C24H22N4O. The van der Waals surface area contributed by atoms with Crippen LogP contribution in [0.1, 0.15) is 44.8 Å². The quantitative estimate of drug-likeness (QED) is 0.696. The van der Waals surface area contributed by atoms with Gasteiger partial charge in [-0.3, -0.25) is 9.79 Å². The predicted molar refractivity (Wildman–Crippen MR) is 112 cm³/mol. The first-order chi connectivity index (χ1) is 14.1. The predicted octanol–water partition coefficient (Wildman–Crippen LogP) is 3.53. The fourth-order valence-electron chi connectivity index (χ4n) is 4.16. The molecule has 0 saturated heterocycles. The van der Waals surface area contributed by atoms with Crippen LogP contribution in [0.25, 0.3) is 0 Å². The number of hydrogen-bond donors (Lipinski definition) is 0. The number of nitrogens with zero attached hydrogens (tertiary/aromatic N) is 4. The van der Waals surface area contributed by atoms with Crippen LogP contribution in [0.15, 0.2) is 53.8 Å². The van der Waals surface area contributed by atoms with Gasteiger partial charge in [-0.25, -0.2) is 9.97 Å². The largest absolute Gasteiger partial charge is 0.334 e. The van der Waals surface area contributed by atoms with Crippen LogP contribution < -0.4 is 0 Å². The third-order valence-corrected chi connectivity index (χ3v) is 5.65. The molecular weight excluding hydrogens is 360 g/mol. The Hall–Kier alpha value is -3.34. The number of hydrogen-bond acceptors (Lipinski definition) is 4. The van der Waals surface area contributed by atoms with Gasteiger partial charge in [-0.1, -0.05) is 35.9 Å². The molecule has 0 saturated carbocycles. The molecule has 29 heavy (non-hydrogen) atoms. The number of rotatable bonds is 3. The van der Waals surface area contributed by atoms with Crippen molar-refractivity contribution in [2.24, 2.45) is 4.99 Å². The summed E-state index contributed by atoms with van der Waals surface area (Å²) in [7, 11) is 0. The average Bonchev–Trinajstić information content (AvgIpc) is 3.10. The van der Waals surface area contributed by atoms with Crippen LogP contribution in [0.2, 0.25) is 0 Å². The standard InChI is InChI=1S/C24H22N4O/c1-15-4-3-5-17(6-15)13-28-14-20-8-22-19(7-18(20)9-23(28)29)10-27-24(22)21-11-25-16(2)26-12-21/h3-8,11-12H,9-10,13-14H2,1-2H3. The van der Waals surface area contributed by atoms with Crippen molar-refractivity contribution in [1.29, 1.82) is 0 Å². The lowest BCUT2D eigenvalue weighted by Gasteiger charge is -2.29. The summed E-state index contributed by atoms with van der Waals surface area (Å²) in [6.07, 6.45) is 4.13. The molecule has 3 heterocycles. The van der Waals surface area contributed by atoms with Crippen molar-refractivity contribution in [3.8, 4) is 0 Å². The monoisotopic (exact) mass is 382 g/mol. The zero-order valence-electron chi connectivity index (χ0n) is 16.6. The number of aromatic nitrogens is 2. The van der Waals surface area contributed by atoms with Crippen LogP contribution in [-0.4, -0.2) is 26.5 Å². The van der Waals surface area contributed by atoms with Gasteiger partial charge < -0.3 is 4.90 Å². The smallest absolute Gasteiger partial charge is 0.227 e. The molecule has 0 bridgehead atoms. The molecule has 2 aliphatic heterocycles. The highest BCUT2D eigenvalue weighted by Gasteiger charge is 2.27. The van der Waals surface area contributed by atoms with Crippen molar-refractivity contribution in [2.45, 2.75) is 39.9 Å². The Labute approximate surface area is 170 Å². The highest BCUT2D eigenvalue weighted by atomic mass is 16.2. The molecule has 0 atom stereocenters. The topological polar surface area (TPSA) is 58.5 Å². The molecule has 5 rings (SSSR count). The first-order valence-corrected chi connectivity index (χ1v) is 9.88. The van der Waals surface area contributed by atoms with E-state index in [2.05, 4.69) is 47.2 Å². The van der Waals surface area contributed by atoms with E-state index in [0.29, 0.717) is 26.1 Å². The minimum absolute atomic E-state index is 0.185. The molecule has 144 valence electrons. The summed E-state index contributed by atoms with van der Waals surface area (Å²) in [6, 6.07) is 12.7. The number of fused-ring (bicyclic) bond motifs is 2. The maximum atomic E-state index is 12.7. The molecule has 0 unspecified atom stereocenters. The fraction of sp³-hybridized carbons (Fsp3) is 0.250. The van der Waals surface area contributed by atoms with E-state index in [4.69, 9.17) is 4.99 Å². The van der Waals surface area contributed by atoms with E-state index in [-0.39, 0.29) is 5.91 Å². The molecule has 3 aromatic rings. The second-order valence-corrected chi connectivity index (χ2v) is 7.88. The molecule has 1 aromatic heterocycles. The summed E-state index contributed by atoms with van der Waals surface area (Å²) in [5.41, 5.74) is 8.93. The van der Waals surface area contributed by atoms with Gasteiger partial charge in [-0.15, -0.1) is 0 Å². The van der Waals surface area contributed by atoms with E-state index in [9.17, 15) is 4.79 Å². The van der Waals surface area contributed by atoms with Crippen molar-refractivity contribution < 1.29 is 4.79 Å². The van der Waals surface area contributed by atoms with Gasteiger partial charge in [0, 0.05) is 36.6 Å². The summed E-state index contributed by atoms with van der Waals surface area (Å²) < 4.78 is 0. The summed E-state index contributed by atoms with van der Waals surface area (Å²) in [4.78, 5) is 28.1. The van der Waals surface area contributed by atoms with Crippen LogP contribution in [0, 0.1) is 13.8 Å². The van der Waals surface area contributed by atoms with Gasteiger partial charge in [0.15, 0.2) is 0 Å². The molecule has 5 heteroatoms. The van der Waals surface area contributed by atoms with E-state index < -0.39 is 0 Å². The second-order valence-electron chi connectivity index (χ2n) is 7.88. The Bertz CT molecular complexity index is 1150. The van der Waals surface area contributed by atoms with E-state index >= 15 is 0 Å². The normalized spacial score (nSPS) is 15.2. The summed E-state index contributed by atoms with van der Waals surface area (Å²) in [5.74, 6) is 0.938. The van der Waals surface area contributed by atoms with E-state index in [0.717, 1.165) is 28.2 Å². The molecule has 0 N–H and O–H groups in total. The van der Waals surface area contributed by atoms with E-state index in [1.807, 2.05) is 30.3 Å². The van der Waals surface area contributed by atoms with Gasteiger partial charge in [0.25, 0.3) is 0 Å². The summed E-state index contributed by atoms with van der Waals surface area (Å²) >= 11 is 0. The lowest BCUT2D eigenvalue weighted by Crippen LogP contribution is -2.35. The van der Waals surface area contributed by atoms with Gasteiger partial charge >= 0.3 is 0 Å². The number of aliphatic imine (C=N–C) groups is 1. The molecule has 5 nitrogen and oxygen atoms in total. The Kier molecular flexibility index (Phi) is 4.23. The van der Waals surface area contributed by atoms with Crippen LogP contribution in [0.4, 0.5) is 0 Å². The minimum atomic E-state index is 0.185. The Morgan fingerprint density at radius 1 is 1.00 bits per heavy atom. The molecule has 2 aromatic carbocycles. The number of aryl methyl sites for hydroxylation is 2. The van der Waals surface area contributed by atoms with Gasteiger partial charge in [0.1, 0.15) is 5.82 Å². The summed E-state index contributed by atoms with van der Waals surface area (Å²) in [6.45, 7) is 5.88. The Morgan fingerprint density at radius 2 is 1.83 bits per heavy atom. The van der Waals surface area contributed by atoms with Crippen LogP contribution in [0.3, 0.4) is 0 Å². The van der Waals surface area contributed by atoms with E-state index in [1.54, 1.807) is 0 Å². The van der Waals surface area contributed by atoms with Crippen molar-refractivity contribution >= 4 is 11.6 Å². The van der Waals surface area contributed by atoms with Crippen molar-refractivity contribution in [3.05, 3.63) is 93.6 Å². The zero-order chi connectivity index (χ0) is 20.0. The summed E-state index contributed by atoms with van der Waals surface area (Å²) in [5, 5.41) is 0. The Morgan fingerprint density at radius 3 is 2.62 bits per heavy atom. The van der Waals surface area contributed by atoms with Gasteiger partial charge in [-0.05, 0) is 42.2 Å². The zero-order valence-corrected chi connectivity index (χ0v) is 16.6. The third kappa shape index (κ3) is 3.33. The lowest BCUT2D eigenvalue weighted by atomic mass is 9.91. The van der Waals surface area contributed by atoms with Crippen LogP contribution in [-0.2, 0) is 30.8 Å². The van der Waals surface area contributed by atoms with Crippen molar-refractivity contribution in [1.82, 2.24) is 14.9 Å². The molecule has 1 amide bonds. The van der Waals surface area contributed by atoms with E-state index in [1.165, 1.54) is 22.3 Å². The number of carbonyl (C=O) groups is 1. The van der Waals surface area contributed by atoms with Crippen molar-refractivity contribution in [2.75, 3.05) is 0 Å². The first kappa shape index (κ1) is 17.7. The highest BCUT2D eigenvalue weighted by molar-refractivity contribution is 6.15. The molecule has 2 aliphatic rings. The number of carbonyl (C=O) groups excluding carboxylic acids is 1. The SMILES string of the molecule is Cc1cccc(CN2Cc3cc4c(cc3CC2=O)CN=C4c2cnc(C)nc2)c1. The minimum Gasteiger partial charge on any atom is -0.334 e. The third-order valence-electron chi connectivity index (χ3n) is 5.65. The van der Waals surface area contributed by atoms with Crippen LogP contribution in [0.5, 0.6) is 0 Å². The van der Waals surface area contributed by atoms with Gasteiger partial charge in [0.2, 0.25) is 5.91 Å². The highest BCUT2D eigenvalue weighted by Crippen LogP contribution is 2.30. The fourth-order valence-corrected chi connectivity index (χ4v) is 4.16. The second kappa shape index (κ2) is 6.92. The van der Waals surface area contributed by atoms with Crippen molar-refractivity contribution in [3.63, 3.8) is 0 Å². The Balaban J connectivity index is 1.45. The van der Waals surface area contributed by atoms with Gasteiger partial charge in [-0.2, -0.15) is 0 Å². The maximum absolute atomic E-state index is 12.7. The molecule has 0 radical (unpaired) electrons. The number of benzene rings is 2. The van der Waals surface area contributed by atoms with Crippen LogP contribution >= 0.6 is 0 Å². The van der Waals surface area contributed by atoms with Gasteiger partial charge in [0.05, 0.1) is 18.7 Å². The average molecular weight is 382 g/mol. The number of amides is 1. The first-order valence-electron chi connectivity index (χ1n) is 9.88. The maximum Gasteiger partial charge on any atom is 0.227 e. The molecule has 0 aliphatic carbocycles. The molecule has 0 fully saturated rings.